The zero-order valence-corrected chi connectivity index (χ0v) is 21.6. The summed E-state index contributed by atoms with van der Waals surface area (Å²) in [5, 5.41) is 17.5. The number of carboxylic acids is 1. The summed E-state index contributed by atoms with van der Waals surface area (Å²) in [5.41, 5.74) is 6.19. The summed E-state index contributed by atoms with van der Waals surface area (Å²) in [7, 11) is 0. The summed E-state index contributed by atoms with van der Waals surface area (Å²) in [6, 6.07) is 15.3. The summed E-state index contributed by atoms with van der Waals surface area (Å²) in [4.78, 5) is 17.5. The average molecular weight is 493 g/mol. The van der Waals surface area contributed by atoms with E-state index in [1.807, 2.05) is 6.92 Å². The van der Waals surface area contributed by atoms with Crippen molar-refractivity contribution in [3.63, 3.8) is 0 Å². The third kappa shape index (κ3) is 6.92. The van der Waals surface area contributed by atoms with Crippen LogP contribution in [0.3, 0.4) is 0 Å². The summed E-state index contributed by atoms with van der Waals surface area (Å²) in [5.74, 6) is -0.0578. The average Bonchev–Trinajstić information content (AvgIpc) is 3.30. The van der Waals surface area contributed by atoms with Gasteiger partial charge in [-0.05, 0) is 77.9 Å². The van der Waals surface area contributed by atoms with Gasteiger partial charge in [0.2, 0.25) is 0 Å². The molecule has 1 fully saturated rings. The van der Waals surface area contributed by atoms with Crippen LogP contribution in [0.2, 0.25) is 0 Å². The van der Waals surface area contributed by atoms with Gasteiger partial charge in [0.05, 0.1) is 17.0 Å². The monoisotopic (exact) mass is 492 g/mol. The molecule has 2 aromatic carbocycles. The maximum atomic E-state index is 10.6. The molecule has 1 aliphatic rings. The minimum atomic E-state index is -0.783. The fourth-order valence-corrected chi connectivity index (χ4v) is 5.90. The van der Waals surface area contributed by atoms with Crippen LogP contribution in [-0.4, -0.2) is 23.3 Å². The number of rotatable bonds is 11. The highest BCUT2D eigenvalue weighted by Gasteiger charge is 2.18. The predicted molar refractivity (Wildman–Crippen MR) is 144 cm³/mol. The van der Waals surface area contributed by atoms with Crippen LogP contribution in [0.15, 0.2) is 47.6 Å². The molecule has 0 bridgehead atoms. The highest BCUT2D eigenvalue weighted by Crippen LogP contribution is 2.35. The van der Waals surface area contributed by atoms with Gasteiger partial charge in [0.25, 0.3) is 0 Å². The van der Waals surface area contributed by atoms with Crippen molar-refractivity contribution in [2.75, 3.05) is 6.54 Å². The molecule has 2 N–H and O–H groups in total. The second-order valence-electron chi connectivity index (χ2n) is 9.48. The maximum absolute atomic E-state index is 10.6. The van der Waals surface area contributed by atoms with Gasteiger partial charge in [-0.25, -0.2) is 0 Å². The van der Waals surface area contributed by atoms with Crippen LogP contribution >= 0.6 is 11.3 Å². The number of carboxylic acid groups (broad SMARTS) is 1. The Morgan fingerprint density at radius 2 is 1.91 bits per heavy atom. The van der Waals surface area contributed by atoms with Crippen LogP contribution in [0.1, 0.15) is 85.4 Å². The van der Waals surface area contributed by atoms with Crippen LogP contribution in [0.4, 0.5) is 0 Å². The van der Waals surface area contributed by atoms with Crippen LogP contribution in [-0.2, 0) is 29.2 Å². The van der Waals surface area contributed by atoms with Crippen LogP contribution < -0.4 is 5.32 Å². The Balaban J connectivity index is 1.36. The van der Waals surface area contributed by atoms with Crippen LogP contribution in [0.5, 0.6) is 0 Å². The van der Waals surface area contributed by atoms with E-state index in [1.54, 1.807) is 11.3 Å². The molecule has 0 amide bonds. The fourth-order valence-electron chi connectivity index (χ4n) is 4.92. The van der Waals surface area contributed by atoms with E-state index in [0.717, 1.165) is 28.5 Å². The lowest BCUT2D eigenvalue weighted by molar-refractivity contribution is -0.136. The number of nitrogens with one attached hydrogen (secondary N) is 1. The molecule has 1 heterocycles. The van der Waals surface area contributed by atoms with E-state index in [4.69, 9.17) is 9.94 Å². The Morgan fingerprint density at radius 3 is 2.69 bits per heavy atom. The molecular weight excluding hydrogens is 456 g/mol. The highest BCUT2D eigenvalue weighted by molar-refractivity contribution is 7.20. The van der Waals surface area contributed by atoms with Gasteiger partial charge < -0.3 is 15.3 Å². The number of hydrogen-bond acceptors (Lipinski definition) is 5. The molecule has 0 spiro atoms. The van der Waals surface area contributed by atoms with Crippen molar-refractivity contribution < 1.29 is 14.7 Å². The number of hydrogen-bond donors (Lipinski definition) is 2. The molecule has 186 valence electrons. The van der Waals surface area contributed by atoms with Gasteiger partial charge in [0.1, 0.15) is 6.61 Å². The third-order valence-corrected chi connectivity index (χ3v) is 8.07. The van der Waals surface area contributed by atoms with Crippen molar-refractivity contribution >= 4 is 33.1 Å². The first-order chi connectivity index (χ1) is 17.0. The van der Waals surface area contributed by atoms with Crippen molar-refractivity contribution in [1.29, 1.82) is 0 Å². The molecule has 0 aliphatic heterocycles. The number of benzene rings is 2. The lowest BCUT2D eigenvalue weighted by atomic mass is 9.81. The molecule has 0 radical (unpaired) electrons. The van der Waals surface area contributed by atoms with Gasteiger partial charge in [-0.3, -0.25) is 4.79 Å². The van der Waals surface area contributed by atoms with Gasteiger partial charge in [0.15, 0.2) is 0 Å². The Labute approximate surface area is 212 Å². The van der Waals surface area contributed by atoms with Gasteiger partial charge >= 0.3 is 5.97 Å². The quantitative estimate of drug-likeness (QED) is 0.171. The van der Waals surface area contributed by atoms with Crippen molar-refractivity contribution in [2.24, 2.45) is 5.16 Å². The number of carbonyl (C=O) groups is 1. The SMILES string of the molecule is CCc1cc(CO/N=C(\C)c2cc3cc(CNCCC(=O)O)ccc3s2)ccc1C1CCCCC1. The lowest BCUT2D eigenvalue weighted by Crippen LogP contribution is -2.17. The van der Waals surface area contributed by atoms with Gasteiger partial charge in [-0.1, -0.05) is 55.6 Å². The molecule has 4 rings (SSSR count). The van der Waals surface area contributed by atoms with Gasteiger partial charge in [0, 0.05) is 17.8 Å². The number of oxime groups is 1. The topological polar surface area (TPSA) is 70.9 Å². The first-order valence-electron chi connectivity index (χ1n) is 12.8. The van der Waals surface area contributed by atoms with Crippen molar-refractivity contribution in [2.45, 2.75) is 77.9 Å². The fraction of sp³-hybridized carbons (Fsp3) is 0.448. The number of nitrogens with zero attached hydrogens (tertiary/aromatic N) is 1. The zero-order valence-electron chi connectivity index (χ0n) is 20.8. The predicted octanol–water partition coefficient (Wildman–Crippen LogP) is 7.02. The minimum absolute atomic E-state index is 0.130. The van der Waals surface area contributed by atoms with Gasteiger partial charge in [-0.2, -0.15) is 0 Å². The first kappa shape index (κ1) is 25.4. The van der Waals surface area contributed by atoms with E-state index in [9.17, 15) is 4.79 Å². The Hall–Kier alpha value is -2.70. The summed E-state index contributed by atoms with van der Waals surface area (Å²) < 4.78 is 1.20. The van der Waals surface area contributed by atoms with E-state index in [2.05, 4.69) is 59.9 Å². The molecule has 0 atom stereocenters. The second kappa shape index (κ2) is 12.3. The normalized spacial score (nSPS) is 15.0. The summed E-state index contributed by atoms with van der Waals surface area (Å²) in [6.45, 7) is 5.83. The van der Waals surface area contributed by atoms with E-state index in [-0.39, 0.29) is 6.42 Å². The van der Waals surface area contributed by atoms with E-state index in [0.29, 0.717) is 19.7 Å². The second-order valence-corrected chi connectivity index (χ2v) is 10.6. The molecule has 1 saturated carbocycles. The Morgan fingerprint density at radius 1 is 1.11 bits per heavy atom. The molecule has 0 saturated heterocycles. The zero-order chi connectivity index (χ0) is 24.6. The van der Waals surface area contributed by atoms with Crippen LogP contribution in [0, 0.1) is 0 Å². The smallest absolute Gasteiger partial charge is 0.304 e. The van der Waals surface area contributed by atoms with E-state index in [1.165, 1.54) is 58.9 Å². The minimum Gasteiger partial charge on any atom is -0.481 e. The molecule has 1 aliphatic carbocycles. The number of fused-ring (bicyclic) bond motifs is 1. The van der Waals surface area contributed by atoms with E-state index >= 15 is 0 Å². The molecule has 1 aromatic heterocycles. The van der Waals surface area contributed by atoms with Crippen molar-refractivity contribution in [1.82, 2.24) is 5.32 Å². The third-order valence-electron chi connectivity index (χ3n) is 6.85. The molecular formula is C29H36N2O3S. The number of aryl methyl sites for hydroxylation is 1. The maximum Gasteiger partial charge on any atom is 0.304 e. The molecule has 6 heteroatoms. The van der Waals surface area contributed by atoms with Gasteiger partial charge in [-0.15, -0.1) is 11.3 Å². The van der Waals surface area contributed by atoms with Crippen molar-refractivity contribution in [3.05, 3.63) is 69.6 Å². The van der Waals surface area contributed by atoms with Crippen LogP contribution in [0.25, 0.3) is 10.1 Å². The Kier molecular flexibility index (Phi) is 8.94. The molecule has 35 heavy (non-hydrogen) atoms. The molecule has 0 unspecified atom stereocenters. The molecule has 5 nitrogen and oxygen atoms in total. The first-order valence-corrected chi connectivity index (χ1v) is 13.6. The number of aliphatic carboxylic acids is 1. The van der Waals surface area contributed by atoms with E-state index < -0.39 is 5.97 Å². The lowest BCUT2D eigenvalue weighted by Gasteiger charge is -2.24. The van der Waals surface area contributed by atoms with Crippen molar-refractivity contribution in [3.8, 4) is 0 Å². The summed E-state index contributed by atoms with van der Waals surface area (Å²) >= 11 is 1.71. The number of thiophene rings is 1. The standard InChI is InChI=1S/C29H36N2O3S/c1-3-23-16-22(9-11-26(23)24-7-5-4-6-8-24)19-34-31-20(2)28-17-25-15-21(10-12-27(25)35-28)18-30-14-13-29(32)33/h9-12,15-17,24,30H,3-8,13-14,18-19H2,1-2H3,(H,32,33)/b31-20+. The summed E-state index contributed by atoms with van der Waals surface area (Å²) in [6.07, 6.45) is 7.93. The molecule has 3 aromatic rings. The largest absolute Gasteiger partial charge is 0.481 e. The Bertz CT molecular complexity index is 1180. The highest BCUT2D eigenvalue weighted by atomic mass is 32.1.